The highest BCUT2D eigenvalue weighted by Crippen LogP contribution is 2.29. The molecule has 0 saturated heterocycles. The maximum Gasteiger partial charge on any atom is 0.237 e. The van der Waals surface area contributed by atoms with Crippen LogP contribution in [0.15, 0.2) is 36.7 Å². The smallest absolute Gasteiger partial charge is 0.237 e. The van der Waals surface area contributed by atoms with Crippen LogP contribution in [0.5, 0.6) is 5.88 Å². The predicted molar refractivity (Wildman–Crippen MR) is 65.6 cm³/mol. The van der Waals surface area contributed by atoms with Gasteiger partial charge in [0.25, 0.3) is 0 Å². The third kappa shape index (κ3) is 2.17. The highest BCUT2D eigenvalue weighted by atomic mass is 19.1. The van der Waals surface area contributed by atoms with Crippen molar-refractivity contribution in [1.29, 1.82) is 0 Å². The zero-order chi connectivity index (χ0) is 13.2. The Bertz CT molecular complexity index is 540. The van der Waals surface area contributed by atoms with Crippen LogP contribution in [0.2, 0.25) is 0 Å². The number of aromatic nitrogens is 2. The maximum atomic E-state index is 12.9. The topological polar surface area (TPSA) is 61.0 Å². The van der Waals surface area contributed by atoms with Crippen LogP contribution in [0.1, 0.15) is 18.2 Å². The van der Waals surface area contributed by atoms with Crippen molar-refractivity contribution < 1.29 is 9.13 Å². The van der Waals surface area contributed by atoms with E-state index in [9.17, 15) is 4.39 Å². The Morgan fingerprint density at radius 3 is 2.39 bits per heavy atom. The summed E-state index contributed by atoms with van der Waals surface area (Å²) in [6.07, 6.45) is 3.08. The Hall–Kier alpha value is -2.01. The Morgan fingerprint density at radius 1 is 1.17 bits per heavy atom. The number of hydrogen-bond donors (Lipinski definition) is 1. The van der Waals surface area contributed by atoms with Crippen molar-refractivity contribution in [2.45, 2.75) is 12.5 Å². The van der Waals surface area contributed by atoms with Gasteiger partial charge in [0, 0.05) is 12.4 Å². The minimum atomic E-state index is -0.896. The Balaban J connectivity index is 2.50. The number of methoxy groups -OCH3 is 1. The second-order valence-electron chi connectivity index (χ2n) is 4.12. The highest BCUT2D eigenvalue weighted by Gasteiger charge is 2.29. The van der Waals surface area contributed by atoms with Crippen molar-refractivity contribution in [2.24, 2.45) is 5.73 Å². The van der Waals surface area contributed by atoms with Crippen molar-refractivity contribution in [1.82, 2.24) is 9.97 Å². The lowest BCUT2D eigenvalue weighted by Gasteiger charge is -2.25. The molecule has 2 N–H and O–H groups in total. The molecule has 0 aliphatic carbocycles. The molecule has 0 radical (unpaired) electrons. The van der Waals surface area contributed by atoms with Gasteiger partial charge in [0.05, 0.1) is 12.6 Å². The van der Waals surface area contributed by atoms with Crippen molar-refractivity contribution in [2.75, 3.05) is 7.11 Å². The molecule has 1 unspecified atom stereocenters. The monoisotopic (exact) mass is 247 g/mol. The summed E-state index contributed by atoms with van der Waals surface area (Å²) in [5.74, 6) is 0.0625. The molecule has 4 nitrogen and oxygen atoms in total. The van der Waals surface area contributed by atoms with Gasteiger partial charge in [-0.05, 0) is 24.6 Å². The second kappa shape index (κ2) is 4.70. The van der Waals surface area contributed by atoms with Crippen LogP contribution in [-0.2, 0) is 5.54 Å². The van der Waals surface area contributed by atoms with Crippen LogP contribution in [0.3, 0.4) is 0 Å². The number of ether oxygens (including phenoxy) is 1. The van der Waals surface area contributed by atoms with Gasteiger partial charge in [-0.15, -0.1) is 0 Å². The van der Waals surface area contributed by atoms with Gasteiger partial charge >= 0.3 is 0 Å². The first-order chi connectivity index (χ1) is 8.55. The Kier molecular flexibility index (Phi) is 3.25. The third-order valence-corrected chi connectivity index (χ3v) is 2.79. The van der Waals surface area contributed by atoms with E-state index in [1.807, 2.05) is 0 Å². The Labute approximate surface area is 105 Å². The van der Waals surface area contributed by atoms with E-state index in [2.05, 4.69) is 9.97 Å². The molecule has 2 aromatic rings. The quantitative estimate of drug-likeness (QED) is 0.899. The molecule has 1 aromatic carbocycles. The van der Waals surface area contributed by atoms with Crippen LogP contribution >= 0.6 is 0 Å². The van der Waals surface area contributed by atoms with Crippen LogP contribution in [0.25, 0.3) is 0 Å². The molecule has 0 saturated carbocycles. The summed E-state index contributed by atoms with van der Waals surface area (Å²) < 4.78 is 18.1. The first kappa shape index (κ1) is 12.4. The summed E-state index contributed by atoms with van der Waals surface area (Å²) >= 11 is 0. The third-order valence-electron chi connectivity index (χ3n) is 2.79. The molecular weight excluding hydrogens is 233 g/mol. The van der Waals surface area contributed by atoms with E-state index in [1.54, 1.807) is 25.3 Å². The number of benzene rings is 1. The number of nitrogens with zero attached hydrogens (tertiary/aromatic N) is 2. The van der Waals surface area contributed by atoms with Gasteiger partial charge in [-0.3, -0.25) is 4.98 Å². The molecule has 0 fully saturated rings. The number of rotatable bonds is 3. The second-order valence-corrected chi connectivity index (χ2v) is 4.12. The van der Waals surface area contributed by atoms with E-state index in [-0.39, 0.29) is 5.82 Å². The van der Waals surface area contributed by atoms with E-state index in [1.165, 1.54) is 25.4 Å². The molecule has 1 atom stereocenters. The van der Waals surface area contributed by atoms with Crippen molar-refractivity contribution in [3.63, 3.8) is 0 Å². The van der Waals surface area contributed by atoms with Crippen LogP contribution in [-0.4, -0.2) is 17.1 Å². The normalized spacial score (nSPS) is 14.0. The molecule has 0 aliphatic rings. The molecule has 0 amide bonds. The van der Waals surface area contributed by atoms with Gasteiger partial charge < -0.3 is 10.5 Å². The highest BCUT2D eigenvalue weighted by molar-refractivity contribution is 5.37. The molecule has 2 rings (SSSR count). The fourth-order valence-electron chi connectivity index (χ4n) is 1.76. The van der Waals surface area contributed by atoms with Crippen molar-refractivity contribution in [3.8, 4) is 5.88 Å². The number of halogens is 1. The predicted octanol–water partition coefficient (Wildman–Crippen LogP) is 1.85. The number of hydrogen-bond acceptors (Lipinski definition) is 4. The van der Waals surface area contributed by atoms with E-state index in [0.717, 1.165) is 5.56 Å². The van der Waals surface area contributed by atoms with E-state index in [4.69, 9.17) is 10.5 Å². The van der Waals surface area contributed by atoms with Gasteiger partial charge in [0.2, 0.25) is 5.88 Å². The maximum absolute atomic E-state index is 12.9. The van der Waals surface area contributed by atoms with Crippen LogP contribution < -0.4 is 10.5 Å². The molecule has 5 heteroatoms. The van der Waals surface area contributed by atoms with E-state index < -0.39 is 5.54 Å². The molecule has 1 heterocycles. The summed E-state index contributed by atoms with van der Waals surface area (Å²) in [4.78, 5) is 8.28. The Morgan fingerprint density at radius 2 is 1.78 bits per heavy atom. The van der Waals surface area contributed by atoms with Gasteiger partial charge in [0.15, 0.2) is 0 Å². The molecule has 0 spiro atoms. The van der Waals surface area contributed by atoms with Gasteiger partial charge in [-0.2, -0.15) is 0 Å². The standard InChI is InChI=1S/C13H14FN3O/c1-13(15,9-3-5-10(14)6-4-9)11-12(18-2)17-8-7-16-11/h3-8H,15H2,1-2H3. The minimum Gasteiger partial charge on any atom is -0.480 e. The lowest BCUT2D eigenvalue weighted by Crippen LogP contribution is -2.36. The largest absolute Gasteiger partial charge is 0.480 e. The van der Waals surface area contributed by atoms with Gasteiger partial charge in [-0.25, -0.2) is 9.37 Å². The summed E-state index contributed by atoms with van der Waals surface area (Å²) in [7, 11) is 1.51. The number of nitrogens with two attached hydrogens (primary N) is 1. The average molecular weight is 247 g/mol. The average Bonchev–Trinajstić information content (AvgIpc) is 2.39. The lowest BCUT2D eigenvalue weighted by molar-refractivity contribution is 0.376. The molecule has 18 heavy (non-hydrogen) atoms. The molecule has 94 valence electrons. The van der Waals surface area contributed by atoms with Crippen LogP contribution in [0, 0.1) is 5.82 Å². The summed E-state index contributed by atoms with van der Waals surface area (Å²) in [5.41, 5.74) is 6.64. The first-order valence-electron chi connectivity index (χ1n) is 5.46. The van der Waals surface area contributed by atoms with E-state index >= 15 is 0 Å². The van der Waals surface area contributed by atoms with Gasteiger partial charge in [-0.1, -0.05) is 12.1 Å². The zero-order valence-corrected chi connectivity index (χ0v) is 10.2. The summed E-state index contributed by atoms with van der Waals surface area (Å²) in [5, 5.41) is 0. The zero-order valence-electron chi connectivity index (χ0n) is 10.2. The molecule has 0 aliphatic heterocycles. The van der Waals surface area contributed by atoms with Crippen LogP contribution in [0.4, 0.5) is 4.39 Å². The fourth-order valence-corrected chi connectivity index (χ4v) is 1.76. The molecule has 0 bridgehead atoms. The van der Waals surface area contributed by atoms with Crippen molar-refractivity contribution >= 4 is 0 Å². The fraction of sp³-hybridized carbons (Fsp3) is 0.231. The lowest BCUT2D eigenvalue weighted by atomic mass is 9.89. The van der Waals surface area contributed by atoms with Gasteiger partial charge in [0.1, 0.15) is 11.5 Å². The van der Waals surface area contributed by atoms with Crippen molar-refractivity contribution in [3.05, 3.63) is 53.7 Å². The summed E-state index contributed by atoms with van der Waals surface area (Å²) in [6, 6.07) is 5.99. The molecule has 1 aromatic heterocycles. The minimum absolute atomic E-state index is 0.305. The first-order valence-corrected chi connectivity index (χ1v) is 5.46. The van der Waals surface area contributed by atoms with E-state index in [0.29, 0.717) is 11.6 Å². The SMILES string of the molecule is COc1nccnc1C(C)(N)c1ccc(F)cc1. The summed E-state index contributed by atoms with van der Waals surface area (Å²) in [6.45, 7) is 1.78. The molecular formula is C13H14FN3O.